The van der Waals surface area contributed by atoms with E-state index in [1.165, 1.54) is 12.0 Å². The summed E-state index contributed by atoms with van der Waals surface area (Å²) in [5, 5.41) is 2.96. The van der Waals surface area contributed by atoms with Gasteiger partial charge in [0.2, 0.25) is 17.7 Å². The third-order valence-corrected chi connectivity index (χ3v) is 7.64. The normalized spacial score (nSPS) is 23.1. The third kappa shape index (κ3) is 3.55. The maximum atomic E-state index is 14.1. The Morgan fingerprint density at radius 3 is 2.37 bits per heavy atom. The zero-order valence-corrected chi connectivity index (χ0v) is 21.3. The Bertz CT molecular complexity index is 1480. The van der Waals surface area contributed by atoms with Gasteiger partial charge < -0.3 is 19.7 Å². The molecule has 1 N–H and O–H groups in total. The lowest BCUT2D eigenvalue weighted by Gasteiger charge is -2.36. The highest BCUT2D eigenvalue weighted by Gasteiger charge is 2.64. The number of benzene rings is 3. The van der Waals surface area contributed by atoms with E-state index >= 15 is 0 Å². The number of rotatable bonds is 5. The van der Waals surface area contributed by atoms with E-state index in [9.17, 15) is 14.4 Å². The molecule has 3 aliphatic heterocycles. The summed E-state index contributed by atoms with van der Waals surface area (Å²) in [5.74, 6) is -1.62. The average molecular weight is 510 g/mol. The van der Waals surface area contributed by atoms with Crippen LogP contribution in [0.15, 0.2) is 72.8 Å². The fourth-order valence-corrected chi connectivity index (χ4v) is 5.88. The number of fused-ring (bicyclic) bond motifs is 5. The molecule has 8 heteroatoms. The summed E-state index contributed by atoms with van der Waals surface area (Å²) < 4.78 is 10.8. The number of hydrogen-bond acceptors (Lipinski definition) is 6. The molecule has 38 heavy (non-hydrogen) atoms. The molecular weight excluding hydrogens is 482 g/mol. The van der Waals surface area contributed by atoms with E-state index in [-0.39, 0.29) is 11.8 Å². The number of nitrogens with one attached hydrogen (secondary N) is 1. The number of hydrogen-bond donors (Lipinski definition) is 1. The minimum absolute atomic E-state index is 0.294. The molecule has 0 aromatic heterocycles. The minimum atomic E-state index is -0.918. The molecule has 3 amide bonds. The van der Waals surface area contributed by atoms with Gasteiger partial charge in [0.05, 0.1) is 43.5 Å². The van der Waals surface area contributed by atoms with Gasteiger partial charge in [0.1, 0.15) is 17.5 Å². The van der Waals surface area contributed by atoms with E-state index < -0.39 is 29.8 Å². The smallest absolute Gasteiger partial charge is 0.248 e. The van der Waals surface area contributed by atoms with Crippen molar-refractivity contribution in [2.45, 2.75) is 19.0 Å². The molecule has 4 atom stereocenters. The summed E-state index contributed by atoms with van der Waals surface area (Å²) >= 11 is 0. The summed E-state index contributed by atoms with van der Waals surface area (Å²) in [6.45, 7) is 1.95. The van der Waals surface area contributed by atoms with Crippen molar-refractivity contribution in [3.05, 3.63) is 83.9 Å². The highest BCUT2D eigenvalue weighted by molar-refractivity contribution is 6.25. The maximum Gasteiger partial charge on any atom is 0.248 e. The Balaban J connectivity index is 1.44. The predicted octanol–water partition coefficient (Wildman–Crippen LogP) is 4.04. The van der Waals surface area contributed by atoms with Crippen molar-refractivity contribution >= 4 is 40.9 Å². The fraction of sp³-hybridized carbons (Fsp3) is 0.233. The van der Waals surface area contributed by atoms with Crippen molar-refractivity contribution in [3.63, 3.8) is 0 Å². The molecule has 3 aromatic rings. The molecule has 3 aromatic carbocycles. The first kappa shape index (κ1) is 23.8. The molecule has 0 radical (unpaired) electrons. The van der Waals surface area contributed by atoms with Crippen LogP contribution in [-0.4, -0.2) is 44.0 Å². The number of ether oxygens (including phenoxy) is 2. The standard InChI is InChI=1S/C30H27N3O5/c1-17-8-11-19(12-9-17)32-29(35)25-23-14-10-18-6-4-5-7-22(18)33(23)27(26(25)30(32)36)28(34)31-21-16-20(37-2)13-15-24(21)38-3/h4-16,23,25-27H,1-3H3,(H,31,34)/t23-,25-,26-,27+/m0/s1. The zero-order chi connectivity index (χ0) is 26.6. The molecular formula is C30H27N3O5. The quantitative estimate of drug-likeness (QED) is 0.523. The van der Waals surface area contributed by atoms with Gasteiger partial charge in [-0.3, -0.25) is 14.4 Å². The highest BCUT2D eigenvalue weighted by atomic mass is 16.5. The van der Waals surface area contributed by atoms with E-state index in [4.69, 9.17) is 9.47 Å². The number of imide groups is 1. The number of aryl methyl sites for hydroxylation is 1. The minimum Gasteiger partial charge on any atom is -0.497 e. The van der Waals surface area contributed by atoms with Gasteiger partial charge in [0.25, 0.3) is 0 Å². The van der Waals surface area contributed by atoms with Crippen molar-refractivity contribution in [1.82, 2.24) is 0 Å². The summed E-state index contributed by atoms with van der Waals surface area (Å²) in [7, 11) is 3.06. The Labute approximate surface area is 220 Å². The van der Waals surface area contributed by atoms with Gasteiger partial charge in [-0.15, -0.1) is 0 Å². The largest absolute Gasteiger partial charge is 0.497 e. The number of nitrogens with zero attached hydrogens (tertiary/aromatic N) is 2. The number of amides is 3. The van der Waals surface area contributed by atoms with Gasteiger partial charge in [0, 0.05) is 11.8 Å². The van der Waals surface area contributed by atoms with Gasteiger partial charge >= 0.3 is 0 Å². The fourth-order valence-electron chi connectivity index (χ4n) is 5.88. The van der Waals surface area contributed by atoms with Crippen LogP contribution >= 0.6 is 0 Å². The van der Waals surface area contributed by atoms with Crippen LogP contribution in [0, 0.1) is 18.8 Å². The zero-order valence-electron chi connectivity index (χ0n) is 21.3. The molecule has 8 nitrogen and oxygen atoms in total. The van der Waals surface area contributed by atoms with Crippen LogP contribution in [0.1, 0.15) is 11.1 Å². The molecule has 0 bridgehead atoms. The molecule has 0 saturated carbocycles. The number of para-hydroxylation sites is 1. The van der Waals surface area contributed by atoms with Crippen LogP contribution < -0.4 is 24.6 Å². The van der Waals surface area contributed by atoms with Crippen LogP contribution in [0.2, 0.25) is 0 Å². The molecule has 2 saturated heterocycles. The van der Waals surface area contributed by atoms with Crippen LogP contribution in [0.4, 0.5) is 17.1 Å². The van der Waals surface area contributed by atoms with Crippen molar-refractivity contribution in [2.75, 3.05) is 29.3 Å². The van der Waals surface area contributed by atoms with Crippen molar-refractivity contribution in [1.29, 1.82) is 0 Å². The van der Waals surface area contributed by atoms with Gasteiger partial charge in [-0.05, 0) is 42.8 Å². The van der Waals surface area contributed by atoms with Gasteiger partial charge in [0.15, 0.2) is 0 Å². The van der Waals surface area contributed by atoms with E-state index in [1.807, 2.05) is 60.4 Å². The Kier molecular flexibility index (Phi) is 5.67. The average Bonchev–Trinajstić information content (AvgIpc) is 3.42. The van der Waals surface area contributed by atoms with Gasteiger partial charge in [-0.1, -0.05) is 48.0 Å². The molecule has 192 valence electrons. The number of anilines is 3. The second kappa shape index (κ2) is 9.06. The molecule has 3 aliphatic rings. The summed E-state index contributed by atoms with van der Waals surface area (Å²) in [4.78, 5) is 45.0. The monoisotopic (exact) mass is 509 g/mol. The highest BCUT2D eigenvalue weighted by Crippen LogP contribution is 2.49. The molecule has 0 aliphatic carbocycles. The van der Waals surface area contributed by atoms with Crippen LogP contribution in [0.25, 0.3) is 6.08 Å². The first-order valence-electron chi connectivity index (χ1n) is 12.5. The first-order chi connectivity index (χ1) is 18.4. The van der Waals surface area contributed by atoms with Crippen LogP contribution in [0.5, 0.6) is 11.5 Å². The maximum absolute atomic E-state index is 14.1. The molecule has 2 fully saturated rings. The molecule has 0 unspecified atom stereocenters. The Morgan fingerprint density at radius 1 is 0.895 bits per heavy atom. The molecule has 3 heterocycles. The lowest BCUT2D eigenvalue weighted by molar-refractivity contribution is -0.126. The second-order valence-corrected chi connectivity index (χ2v) is 9.72. The van der Waals surface area contributed by atoms with Crippen molar-refractivity contribution in [2.24, 2.45) is 11.8 Å². The number of carbonyl (C=O) groups is 3. The molecule has 6 rings (SSSR count). The predicted molar refractivity (Wildman–Crippen MR) is 144 cm³/mol. The lowest BCUT2D eigenvalue weighted by atomic mass is 9.88. The van der Waals surface area contributed by atoms with Crippen LogP contribution in [0.3, 0.4) is 0 Å². The number of carbonyl (C=O) groups excluding carboxylic acids is 3. The summed E-state index contributed by atoms with van der Waals surface area (Å²) in [6.07, 6.45) is 3.90. The SMILES string of the molecule is COc1ccc(OC)c(NC(=O)[C@H]2[C@H]3C(=O)N(c4ccc(C)cc4)C(=O)[C@H]3[C@@H]3C=Cc4ccccc4N32)c1. The summed E-state index contributed by atoms with van der Waals surface area (Å²) in [6, 6.07) is 18.7. The van der Waals surface area contributed by atoms with Crippen LogP contribution in [-0.2, 0) is 14.4 Å². The van der Waals surface area contributed by atoms with Gasteiger partial charge in [-0.2, -0.15) is 0 Å². The Hall–Kier alpha value is -4.59. The Morgan fingerprint density at radius 2 is 1.63 bits per heavy atom. The second-order valence-electron chi connectivity index (χ2n) is 9.72. The lowest BCUT2D eigenvalue weighted by Crippen LogP contribution is -2.50. The van der Waals surface area contributed by atoms with Gasteiger partial charge in [-0.25, -0.2) is 4.90 Å². The van der Waals surface area contributed by atoms with Crippen molar-refractivity contribution < 1.29 is 23.9 Å². The van der Waals surface area contributed by atoms with E-state index in [1.54, 1.807) is 37.4 Å². The topological polar surface area (TPSA) is 88.2 Å². The van der Waals surface area contributed by atoms with Crippen molar-refractivity contribution in [3.8, 4) is 11.5 Å². The summed E-state index contributed by atoms with van der Waals surface area (Å²) in [5.41, 5.74) is 3.70. The third-order valence-electron chi connectivity index (χ3n) is 7.64. The van der Waals surface area contributed by atoms with E-state index in [0.29, 0.717) is 22.9 Å². The molecule has 0 spiro atoms. The van der Waals surface area contributed by atoms with E-state index in [2.05, 4.69) is 5.32 Å². The number of methoxy groups -OCH3 is 2. The van der Waals surface area contributed by atoms with E-state index in [0.717, 1.165) is 16.8 Å². The first-order valence-corrected chi connectivity index (χ1v) is 12.5.